The lowest BCUT2D eigenvalue weighted by molar-refractivity contribution is -0.271. The van der Waals surface area contributed by atoms with E-state index in [1.807, 2.05) is 0 Å². The van der Waals surface area contributed by atoms with E-state index in [1.165, 1.54) is 30.1 Å². The van der Waals surface area contributed by atoms with Crippen molar-refractivity contribution in [2.45, 2.75) is 123 Å². The molecule has 7 atom stereocenters. The second-order valence-corrected chi connectivity index (χ2v) is 15.4. The SMILES string of the molecule is CC(C)C(=O)CN(C)C(=O)CCCC(=O)N[C@H](C(=O)N[C@@H](CCCNC(N)=O)C(=O)Nc1ccc(COC(=O)C(C)C)cc1O[C@@H]1O[C@H](C(=O)O)[C@@H](O)[C@H](O)[C@H]1O)C(C)C. The van der Waals surface area contributed by atoms with Gasteiger partial charge in [0.2, 0.25) is 29.9 Å². The minimum Gasteiger partial charge on any atom is -0.479 e. The number of likely N-dealkylation sites (N-methyl/N-ethyl adjacent to an activating group) is 1. The number of hydrogen-bond acceptors (Lipinski definition) is 14. The minimum atomic E-state index is -2.02. The number of Topliss-reactive ketones (excluding diaryl/α,β-unsaturated/α-hetero) is 1. The molecule has 1 aromatic rings. The summed E-state index contributed by atoms with van der Waals surface area (Å²) in [5.41, 5.74) is 5.37. The zero-order valence-electron chi connectivity index (χ0n) is 35.0. The van der Waals surface area contributed by atoms with Crippen molar-refractivity contribution in [2.24, 2.45) is 23.5 Å². The number of amides is 6. The lowest BCUT2D eigenvalue weighted by Gasteiger charge is -2.38. The molecule has 1 heterocycles. The van der Waals surface area contributed by atoms with E-state index >= 15 is 0 Å². The summed E-state index contributed by atoms with van der Waals surface area (Å²) in [5, 5.41) is 50.9. The van der Waals surface area contributed by atoms with Gasteiger partial charge in [-0.25, -0.2) is 9.59 Å². The molecule has 6 amide bonds. The van der Waals surface area contributed by atoms with Crippen LogP contribution in [0.5, 0.6) is 5.75 Å². The smallest absolute Gasteiger partial charge is 0.335 e. The maximum absolute atomic E-state index is 13.9. The molecule has 2 rings (SSSR count). The molecule has 1 aliphatic heterocycles. The van der Waals surface area contributed by atoms with Crippen LogP contribution in [0.3, 0.4) is 0 Å². The van der Waals surface area contributed by atoms with Gasteiger partial charge < -0.3 is 66.5 Å². The highest BCUT2D eigenvalue weighted by molar-refractivity contribution is 5.99. The number of urea groups is 1. The van der Waals surface area contributed by atoms with Crippen LogP contribution in [0, 0.1) is 17.8 Å². The Bertz CT molecular complexity index is 1690. The van der Waals surface area contributed by atoms with Crippen molar-refractivity contribution in [3.63, 3.8) is 0 Å². The van der Waals surface area contributed by atoms with E-state index < -0.39 is 90.3 Å². The maximum atomic E-state index is 13.9. The number of rotatable bonds is 23. The van der Waals surface area contributed by atoms with E-state index in [2.05, 4.69) is 21.3 Å². The number of esters is 1. The predicted octanol–water partition coefficient (Wildman–Crippen LogP) is -0.477. The lowest BCUT2D eigenvalue weighted by atomic mass is 9.99. The topological polar surface area (TPSA) is 323 Å². The zero-order valence-corrected chi connectivity index (χ0v) is 35.0. The number of ketones is 1. The number of aliphatic carboxylic acids is 1. The molecule has 1 aromatic carbocycles. The van der Waals surface area contributed by atoms with Crippen molar-refractivity contribution in [2.75, 3.05) is 25.5 Å². The van der Waals surface area contributed by atoms with Crippen molar-refractivity contribution < 1.29 is 73.0 Å². The fraction of sp³-hybridized carbons (Fsp3) is 0.641. The normalized spacial score (nSPS) is 19.8. The summed E-state index contributed by atoms with van der Waals surface area (Å²) in [6.07, 6.45) is -9.85. The van der Waals surface area contributed by atoms with Gasteiger partial charge in [0.25, 0.3) is 0 Å². The number of benzene rings is 1. The number of nitrogens with two attached hydrogens (primary N) is 1. The Hall–Kier alpha value is -5.38. The molecule has 0 spiro atoms. The van der Waals surface area contributed by atoms with Gasteiger partial charge >= 0.3 is 18.0 Å². The molecule has 0 aromatic heterocycles. The fourth-order valence-corrected chi connectivity index (χ4v) is 5.60. The van der Waals surface area contributed by atoms with Crippen molar-refractivity contribution >= 4 is 53.1 Å². The fourth-order valence-electron chi connectivity index (χ4n) is 5.60. The molecule has 1 fully saturated rings. The molecule has 21 heteroatoms. The van der Waals surface area contributed by atoms with Gasteiger partial charge in [0.05, 0.1) is 18.2 Å². The average molecular weight is 853 g/mol. The van der Waals surface area contributed by atoms with E-state index in [0.29, 0.717) is 5.56 Å². The molecule has 0 saturated carbocycles. The van der Waals surface area contributed by atoms with Gasteiger partial charge in [-0.05, 0) is 42.9 Å². The number of primary amides is 1. The summed E-state index contributed by atoms with van der Waals surface area (Å²) in [6.45, 7) is 9.73. The first kappa shape index (κ1) is 50.8. The van der Waals surface area contributed by atoms with Crippen molar-refractivity contribution in [3.8, 4) is 5.75 Å². The van der Waals surface area contributed by atoms with Crippen molar-refractivity contribution in [1.29, 1.82) is 0 Å². The van der Waals surface area contributed by atoms with Crippen LogP contribution in [0.25, 0.3) is 0 Å². The molecule has 0 radical (unpaired) electrons. The van der Waals surface area contributed by atoms with Crippen LogP contribution in [-0.4, -0.2) is 136 Å². The van der Waals surface area contributed by atoms with E-state index in [4.69, 9.17) is 19.9 Å². The maximum Gasteiger partial charge on any atom is 0.335 e. The summed E-state index contributed by atoms with van der Waals surface area (Å²) < 4.78 is 16.3. The van der Waals surface area contributed by atoms with Crippen LogP contribution >= 0.6 is 0 Å². The number of nitrogens with one attached hydrogen (secondary N) is 4. The van der Waals surface area contributed by atoms with Gasteiger partial charge in [-0.1, -0.05) is 47.6 Å². The quantitative estimate of drug-likeness (QED) is 0.0496. The van der Waals surface area contributed by atoms with Gasteiger partial charge in [-0.3, -0.25) is 28.8 Å². The van der Waals surface area contributed by atoms with Crippen LogP contribution in [0.2, 0.25) is 0 Å². The molecule has 1 aliphatic rings. The highest BCUT2D eigenvalue weighted by Crippen LogP contribution is 2.31. The number of carboxylic acids is 1. The third kappa shape index (κ3) is 16.0. The minimum absolute atomic E-state index is 0.0142. The number of anilines is 1. The Kier molecular flexibility index (Phi) is 20.3. The second kappa shape index (κ2) is 24.0. The monoisotopic (exact) mass is 852 g/mol. The lowest BCUT2D eigenvalue weighted by Crippen LogP contribution is -2.61. The number of aliphatic hydroxyl groups is 3. The van der Waals surface area contributed by atoms with Crippen LogP contribution < -0.4 is 31.7 Å². The second-order valence-electron chi connectivity index (χ2n) is 15.4. The first-order chi connectivity index (χ1) is 28.0. The molecular formula is C39H60N6O15. The summed E-state index contributed by atoms with van der Waals surface area (Å²) in [5.74, 6) is -6.19. The van der Waals surface area contributed by atoms with E-state index in [-0.39, 0.29) is 80.8 Å². The molecule has 1 saturated heterocycles. The Morgan fingerprint density at radius 2 is 1.53 bits per heavy atom. The van der Waals surface area contributed by atoms with E-state index in [9.17, 15) is 58.8 Å². The largest absolute Gasteiger partial charge is 0.479 e. The summed E-state index contributed by atoms with van der Waals surface area (Å²) in [6, 6.07) is 0.790. The average Bonchev–Trinajstić information content (AvgIpc) is 3.17. The van der Waals surface area contributed by atoms with Crippen LogP contribution in [-0.2, 0) is 49.6 Å². The van der Waals surface area contributed by atoms with Crippen LogP contribution in [0.4, 0.5) is 10.5 Å². The molecule has 0 bridgehead atoms. The first-order valence-electron chi connectivity index (χ1n) is 19.6. The van der Waals surface area contributed by atoms with Crippen molar-refractivity contribution in [1.82, 2.24) is 20.9 Å². The van der Waals surface area contributed by atoms with Gasteiger partial charge in [0, 0.05) is 32.4 Å². The number of carbonyl (C=O) groups excluding carboxylic acids is 7. The standard InChI is InChI=1S/C39H60N6O15/c1-19(2)25(46)17-45(7)28(48)12-8-11-27(47)44-29(20(3)4)35(53)43-24(10-9-15-41-39(40)57)34(52)42-23-14-13-22(18-58-37(56)21(5)6)16-26(23)59-38-32(51)30(49)31(50)33(60-38)36(54)55/h13-14,16,19-21,24,29-33,38,49-51H,8-12,15,17-18H2,1-7H3,(H,42,52)(H,43,53)(H,44,47)(H,54,55)(H3,40,41,57)/t24-,29-,30-,31-,32+,33-,38+/m0/s1. The molecule has 0 unspecified atom stereocenters. The predicted molar refractivity (Wildman–Crippen MR) is 212 cm³/mol. The highest BCUT2D eigenvalue weighted by Gasteiger charge is 2.48. The van der Waals surface area contributed by atoms with Gasteiger partial charge in [0.1, 0.15) is 42.8 Å². The number of hydrogen-bond donors (Lipinski definition) is 9. The molecule has 60 heavy (non-hydrogen) atoms. The molecule has 21 nitrogen and oxygen atoms in total. The van der Waals surface area contributed by atoms with Gasteiger partial charge in [-0.15, -0.1) is 0 Å². The Morgan fingerprint density at radius 1 is 0.867 bits per heavy atom. The zero-order chi connectivity index (χ0) is 45.4. The van der Waals surface area contributed by atoms with E-state index in [1.54, 1.807) is 41.5 Å². The van der Waals surface area contributed by atoms with E-state index in [0.717, 1.165) is 0 Å². The molecule has 0 aliphatic carbocycles. The first-order valence-corrected chi connectivity index (χ1v) is 19.6. The molecule has 336 valence electrons. The number of nitrogens with zero attached hydrogens (tertiary/aromatic N) is 1. The van der Waals surface area contributed by atoms with Gasteiger partial charge in [0.15, 0.2) is 11.9 Å². The third-order valence-corrected chi connectivity index (χ3v) is 9.34. The summed E-state index contributed by atoms with van der Waals surface area (Å²) in [4.78, 5) is 102. The molecular weight excluding hydrogens is 792 g/mol. The number of carbonyl (C=O) groups is 8. The summed E-state index contributed by atoms with van der Waals surface area (Å²) >= 11 is 0. The number of carboxylic acid groups (broad SMARTS) is 1. The van der Waals surface area contributed by atoms with Crippen molar-refractivity contribution in [3.05, 3.63) is 23.8 Å². The number of ether oxygens (including phenoxy) is 3. The summed E-state index contributed by atoms with van der Waals surface area (Å²) in [7, 11) is 1.50. The van der Waals surface area contributed by atoms with Gasteiger partial charge in [-0.2, -0.15) is 0 Å². The van der Waals surface area contributed by atoms with Crippen LogP contribution in [0.1, 0.15) is 79.2 Å². The Morgan fingerprint density at radius 3 is 2.12 bits per heavy atom. The molecule has 10 N–H and O–H groups in total. The highest BCUT2D eigenvalue weighted by atomic mass is 16.7. The third-order valence-electron chi connectivity index (χ3n) is 9.34. The Labute approximate surface area is 348 Å². The number of aliphatic hydroxyl groups excluding tert-OH is 3. The Balaban J connectivity index is 2.33. The van der Waals surface area contributed by atoms with Crippen LogP contribution in [0.15, 0.2) is 18.2 Å².